The second kappa shape index (κ2) is 6.16. The second-order valence-corrected chi connectivity index (χ2v) is 7.21. The van der Waals surface area contributed by atoms with Crippen molar-refractivity contribution in [3.8, 4) is 5.75 Å². The Morgan fingerprint density at radius 1 is 1.17 bits per heavy atom. The summed E-state index contributed by atoms with van der Waals surface area (Å²) in [4.78, 5) is 11.8. The minimum Gasteiger partial charge on any atom is -0.494 e. The van der Waals surface area contributed by atoms with Gasteiger partial charge in [-0.15, -0.1) is 0 Å². The molecule has 1 amide bonds. The van der Waals surface area contributed by atoms with Crippen molar-refractivity contribution in [1.82, 2.24) is 0 Å². The average molecular weight is 346 g/mol. The van der Waals surface area contributed by atoms with Crippen LogP contribution in [0.15, 0.2) is 47.4 Å². The van der Waals surface area contributed by atoms with E-state index in [-0.39, 0.29) is 16.7 Å². The Morgan fingerprint density at radius 3 is 2.54 bits per heavy atom. The molecule has 1 unspecified atom stereocenters. The standard InChI is InChI=1S/C17H18N2O4S/c1-3-23-13-5-7-14(8-6-13)24(21,22)19-12-4-9-16-15(10-12)11(2)17(20)18-16/h4-11,19H,3H2,1-2H3,(H,18,20). The number of hydrogen-bond acceptors (Lipinski definition) is 4. The van der Waals surface area contributed by atoms with Crippen LogP contribution in [0.3, 0.4) is 0 Å². The minimum atomic E-state index is -3.70. The molecule has 2 N–H and O–H groups in total. The lowest BCUT2D eigenvalue weighted by Gasteiger charge is -2.11. The number of amides is 1. The van der Waals surface area contributed by atoms with Crippen molar-refractivity contribution in [1.29, 1.82) is 0 Å². The van der Waals surface area contributed by atoms with Crippen molar-refractivity contribution in [3.63, 3.8) is 0 Å². The van der Waals surface area contributed by atoms with Gasteiger partial charge in [0.15, 0.2) is 0 Å². The van der Waals surface area contributed by atoms with E-state index in [1.807, 2.05) is 6.92 Å². The minimum absolute atomic E-state index is 0.0866. The monoisotopic (exact) mass is 346 g/mol. The van der Waals surface area contributed by atoms with Gasteiger partial charge in [-0.1, -0.05) is 0 Å². The molecule has 0 spiro atoms. The molecule has 0 aliphatic carbocycles. The molecule has 126 valence electrons. The molecule has 1 aliphatic rings. The Morgan fingerprint density at radius 2 is 1.88 bits per heavy atom. The molecule has 1 aliphatic heterocycles. The molecule has 0 aromatic heterocycles. The first-order chi connectivity index (χ1) is 11.4. The molecule has 2 aromatic rings. The summed E-state index contributed by atoms with van der Waals surface area (Å²) in [5.74, 6) is 0.235. The Hall–Kier alpha value is -2.54. The van der Waals surface area contributed by atoms with E-state index >= 15 is 0 Å². The van der Waals surface area contributed by atoms with Crippen molar-refractivity contribution in [2.24, 2.45) is 0 Å². The van der Waals surface area contributed by atoms with Gasteiger partial charge in [0, 0.05) is 11.4 Å². The molecule has 0 fully saturated rings. The quantitative estimate of drug-likeness (QED) is 0.872. The largest absolute Gasteiger partial charge is 0.494 e. The zero-order valence-corrected chi connectivity index (χ0v) is 14.2. The Kier molecular flexibility index (Phi) is 4.19. The summed E-state index contributed by atoms with van der Waals surface area (Å²) in [5.41, 5.74) is 1.93. The lowest BCUT2D eigenvalue weighted by Crippen LogP contribution is -2.13. The van der Waals surface area contributed by atoms with E-state index in [9.17, 15) is 13.2 Å². The highest BCUT2D eigenvalue weighted by atomic mass is 32.2. The molecule has 1 atom stereocenters. The normalized spacial score (nSPS) is 16.4. The van der Waals surface area contributed by atoms with Gasteiger partial charge in [0.2, 0.25) is 5.91 Å². The molecule has 7 heteroatoms. The maximum Gasteiger partial charge on any atom is 0.261 e. The zero-order valence-electron chi connectivity index (χ0n) is 13.4. The van der Waals surface area contributed by atoms with Crippen LogP contribution in [0.25, 0.3) is 0 Å². The van der Waals surface area contributed by atoms with Gasteiger partial charge in [0.05, 0.1) is 17.4 Å². The molecule has 0 saturated carbocycles. The highest BCUT2D eigenvalue weighted by Gasteiger charge is 2.27. The molecular weight excluding hydrogens is 328 g/mol. The fourth-order valence-corrected chi connectivity index (χ4v) is 3.63. The molecule has 0 saturated heterocycles. The molecule has 24 heavy (non-hydrogen) atoms. The number of nitrogens with one attached hydrogen (secondary N) is 2. The van der Waals surface area contributed by atoms with E-state index < -0.39 is 10.0 Å². The van der Waals surface area contributed by atoms with Crippen molar-refractivity contribution >= 4 is 27.3 Å². The number of rotatable bonds is 5. The Balaban J connectivity index is 1.84. The fraction of sp³-hybridized carbons (Fsp3) is 0.235. The summed E-state index contributed by atoms with van der Waals surface area (Å²) in [7, 11) is -3.70. The van der Waals surface area contributed by atoms with Crippen molar-refractivity contribution in [3.05, 3.63) is 48.0 Å². The molecule has 2 aromatic carbocycles. The zero-order chi connectivity index (χ0) is 17.3. The van der Waals surface area contributed by atoms with Crippen molar-refractivity contribution in [2.75, 3.05) is 16.6 Å². The molecule has 6 nitrogen and oxygen atoms in total. The Bertz CT molecular complexity index is 876. The van der Waals surface area contributed by atoms with Crippen LogP contribution < -0.4 is 14.8 Å². The van der Waals surface area contributed by atoms with E-state index in [1.165, 1.54) is 12.1 Å². The second-order valence-electron chi connectivity index (χ2n) is 5.52. The third-order valence-electron chi connectivity index (χ3n) is 3.87. The number of carbonyl (C=O) groups is 1. The van der Waals surface area contributed by atoms with Gasteiger partial charge in [-0.05, 0) is 61.9 Å². The van der Waals surface area contributed by atoms with E-state index in [2.05, 4.69) is 10.0 Å². The number of sulfonamides is 1. The van der Waals surface area contributed by atoms with Gasteiger partial charge in [0.25, 0.3) is 10.0 Å². The molecule has 0 radical (unpaired) electrons. The lowest BCUT2D eigenvalue weighted by molar-refractivity contribution is -0.116. The van der Waals surface area contributed by atoms with Crippen LogP contribution in [-0.2, 0) is 14.8 Å². The predicted octanol–water partition coefficient (Wildman–Crippen LogP) is 2.94. The smallest absolute Gasteiger partial charge is 0.261 e. The van der Waals surface area contributed by atoms with Gasteiger partial charge in [-0.2, -0.15) is 0 Å². The fourth-order valence-electron chi connectivity index (χ4n) is 2.58. The number of carbonyl (C=O) groups excluding carboxylic acids is 1. The first-order valence-corrected chi connectivity index (χ1v) is 9.09. The first kappa shape index (κ1) is 16.3. The van der Waals surface area contributed by atoms with Gasteiger partial charge < -0.3 is 10.1 Å². The van der Waals surface area contributed by atoms with Crippen LogP contribution in [0.1, 0.15) is 25.3 Å². The molecule has 3 rings (SSSR count). The summed E-state index contributed by atoms with van der Waals surface area (Å²) in [6.07, 6.45) is 0. The first-order valence-electron chi connectivity index (χ1n) is 7.61. The van der Waals surface area contributed by atoms with E-state index in [4.69, 9.17) is 4.74 Å². The van der Waals surface area contributed by atoms with Crippen LogP contribution in [0.5, 0.6) is 5.75 Å². The van der Waals surface area contributed by atoms with E-state index in [0.29, 0.717) is 18.0 Å². The van der Waals surface area contributed by atoms with E-state index in [0.717, 1.165) is 11.3 Å². The maximum atomic E-state index is 12.5. The summed E-state index contributed by atoms with van der Waals surface area (Å²) in [6, 6.07) is 11.2. The lowest BCUT2D eigenvalue weighted by atomic mass is 10.0. The topological polar surface area (TPSA) is 84.5 Å². The van der Waals surface area contributed by atoms with Gasteiger partial charge in [-0.25, -0.2) is 8.42 Å². The van der Waals surface area contributed by atoms with Crippen LogP contribution >= 0.6 is 0 Å². The number of ether oxygens (including phenoxy) is 1. The van der Waals surface area contributed by atoms with Crippen LogP contribution in [0, 0.1) is 0 Å². The SMILES string of the molecule is CCOc1ccc(S(=O)(=O)Nc2ccc3c(c2)C(C)C(=O)N3)cc1. The summed E-state index contributed by atoms with van der Waals surface area (Å²) in [5, 5.41) is 2.76. The molecular formula is C17H18N2O4S. The summed E-state index contributed by atoms with van der Waals surface area (Å²) < 4.78 is 32.8. The maximum absolute atomic E-state index is 12.5. The number of fused-ring (bicyclic) bond motifs is 1. The Labute approximate surface area is 140 Å². The van der Waals surface area contributed by atoms with E-state index in [1.54, 1.807) is 37.3 Å². The van der Waals surface area contributed by atoms with Gasteiger partial charge in [0.1, 0.15) is 5.75 Å². The van der Waals surface area contributed by atoms with Gasteiger partial charge >= 0.3 is 0 Å². The third-order valence-corrected chi connectivity index (χ3v) is 5.26. The van der Waals surface area contributed by atoms with Gasteiger partial charge in [-0.3, -0.25) is 9.52 Å². The number of hydrogen-bond donors (Lipinski definition) is 2. The van der Waals surface area contributed by atoms with Crippen LogP contribution in [0.2, 0.25) is 0 Å². The van der Waals surface area contributed by atoms with Crippen LogP contribution in [0.4, 0.5) is 11.4 Å². The van der Waals surface area contributed by atoms with Crippen molar-refractivity contribution in [2.45, 2.75) is 24.7 Å². The number of benzene rings is 2. The molecule has 0 bridgehead atoms. The summed E-state index contributed by atoms with van der Waals surface area (Å²) in [6.45, 7) is 4.16. The van der Waals surface area contributed by atoms with Crippen molar-refractivity contribution < 1.29 is 17.9 Å². The molecule has 1 heterocycles. The highest BCUT2D eigenvalue weighted by molar-refractivity contribution is 7.92. The number of anilines is 2. The average Bonchev–Trinajstić information content (AvgIpc) is 2.83. The predicted molar refractivity (Wildman–Crippen MR) is 91.9 cm³/mol. The summed E-state index contributed by atoms with van der Waals surface area (Å²) >= 11 is 0. The highest BCUT2D eigenvalue weighted by Crippen LogP contribution is 2.34. The van der Waals surface area contributed by atoms with Crippen LogP contribution in [-0.4, -0.2) is 20.9 Å². The third kappa shape index (κ3) is 3.07.